The lowest BCUT2D eigenvalue weighted by Crippen LogP contribution is -2.46. The van der Waals surface area contributed by atoms with Gasteiger partial charge in [0.2, 0.25) is 0 Å². The molecule has 0 aliphatic carbocycles. The van der Waals surface area contributed by atoms with Crippen molar-refractivity contribution in [3.63, 3.8) is 0 Å². The number of thiazole rings is 1. The fourth-order valence-electron chi connectivity index (χ4n) is 1.68. The third kappa shape index (κ3) is 4.28. The van der Waals surface area contributed by atoms with E-state index in [1.807, 2.05) is 20.8 Å². The number of carbonyl (C=O) groups is 2. The maximum Gasteiger partial charge on any atom is 0.305 e. The van der Waals surface area contributed by atoms with Gasteiger partial charge in [-0.3, -0.25) is 9.59 Å². The minimum absolute atomic E-state index is 0.0900. The van der Waals surface area contributed by atoms with Crippen LogP contribution >= 0.6 is 11.3 Å². The normalized spacial score (nSPS) is 13.1. The van der Waals surface area contributed by atoms with Crippen LogP contribution in [0.1, 0.15) is 55.7 Å². The Bertz CT molecular complexity index is 491. The zero-order valence-electron chi connectivity index (χ0n) is 12.2. The molecule has 1 aromatic rings. The van der Waals surface area contributed by atoms with Crippen molar-refractivity contribution in [3.8, 4) is 0 Å². The fourth-order valence-corrected chi connectivity index (χ4v) is 2.43. The van der Waals surface area contributed by atoms with E-state index in [9.17, 15) is 9.59 Å². The minimum Gasteiger partial charge on any atom is -0.481 e. The zero-order chi connectivity index (χ0) is 15.5. The zero-order valence-corrected chi connectivity index (χ0v) is 13.0. The number of hydrogen-bond acceptors (Lipinski definition) is 5. The molecule has 3 N–H and O–H groups in total. The monoisotopic (exact) mass is 299 g/mol. The summed E-state index contributed by atoms with van der Waals surface area (Å²) < 4.78 is 0. The van der Waals surface area contributed by atoms with E-state index >= 15 is 0 Å². The van der Waals surface area contributed by atoms with E-state index in [1.165, 1.54) is 16.2 Å². The second-order valence-electron chi connectivity index (χ2n) is 5.63. The van der Waals surface area contributed by atoms with E-state index in [2.05, 4.69) is 4.98 Å². The number of hydrogen-bond donors (Lipinski definition) is 2. The van der Waals surface area contributed by atoms with Crippen LogP contribution in [0.5, 0.6) is 0 Å². The number of aromatic nitrogens is 1. The number of carboxylic acid groups (broad SMARTS) is 1. The first-order chi connectivity index (χ1) is 9.12. The lowest BCUT2D eigenvalue weighted by molar-refractivity contribution is -0.137. The Balaban J connectivity index is 2.94. The van der Waals surface area contributed by atoms with Crippen LogP contribution in [0.25, 0.3) is 0 Å². The smallest absolute Gasteiger partial charge is 0.305 e. The summed E-state index contributed by atoms with van der Waals surface area (Å²) in [6.07, 6.45) is -0.0900. The molecule has 0 aliphatic rings. The molecule has 1 heterocycles. The van der Waals surface area contributed by atoms with Crippen LogP contribution in [0.2, 0.25) is 0 Å². The van der Waals surface area contributed by atoms with E-state index in [1.54, 1.807) is 12.3 Å². The van der Waals surface area contributed by atoms with Crippen LogP contribution in [-0.4, -0.2) is 39.0 Å². The number of carbonyl (C=O) groups excluding carboxylic acids is 1. The van der Waals surface area contributed by atoms with Crippen LogP contribution in [0.15, 0.2) is 5.38 Å². The molecule has 0 radical (unpaired) electrons. The lowest BCUT2D eigenvalue weighted by atomic mass is 10.0. The van der Waals surface area contributed by atoms with Crippen LogP contribution in [0, 0.1) is 0 Å². The highest BCUT2D eigenvalue weighted by Gasteiger charge is 2.29. The highest BCUT2D eigenvalue weighted by Crippen LogP contribution is 2.21. The Labute approximate surface area is 122 Å². The van der Waals surface area contributed by atoms with Crippen molar-refractivity contribution in [3.05, 3.63) is 16.1 Å². The SMILES string of the molecule is CC(N)c1nc(C(=O)N(CCC(=O)O)C(C)(C)C)cs1. The maximum absolute atomic E-state index is 12.5. The van der Waals surface area contributed by atoms with Gasteiger partial charge < -0.3 is 15.7 Å². The quantitative estimate of drug-likeness (QED) is 0.865. The van der Waals surface area contributed by atoms with Crippen LogP contribution in [0.3, 0.4) is 0 Å². The van der Waals surface area contributed by atoms with E-state index in [0.717, 1.165) is 0 Å². The topological polar surface area (TPSA) is 96.5 Å². The molecular formula is C13H21N3O3S. The van der Waals surface area contributed by atoms with Crippen molar-refractivity contribution in [1.82, 2.24) is 9.88 Å². The van der Waals surface area contributed by atoms with Gasteiger partial charge in [0.05, 0.1) is 12.5 Å². The molecule has 0 aromatic carbocycles. The van der Waals surface area contributed by atoms with Crippen molar-refractivity contribution in [2.24, 2.45) is 5.73 Å². The maximum atomic E-state index is 12.5. The summed E-state index contributed by atoms with van der Waals surface area (Å²) in [6.45, 7) is 7.56. The molecule has 112 valence electrons. The summed E-state index contributed by atoms with van der Waals surface area (Å²) in [4.78, 5) is 28.9. The molecular weight excluding hydrogens is 278 g/mol. The predicted octanol–water partition coefficient (Wildman–Crippen LogP) is 1.88. The lowest BCUT2D eigenvalue weighted by Gasteiger charge is -2.35. The second kappa shape index (κ2) is 6.32. The van der Waals surface area contributed by atoms with Gasteiger partial charge in [0.25, 0.3) is 5.91 Å². The standard InChI is InChI=1S/C13H21N3O3S/c1-8(14)11-15-9(7-20-11)12(19)16(13(2,3)4)6-5-10(17)18/h7-8H,5-6,14H2,1-4H3,(H,17,18). The molecule has 0 saturated heterocycles. The highest BCUT2D eigenvalue weighted by molar-refractivity contribution is 7.09. The Morgan fingerprint density at radius 1 is 1.50 bits per heavy atom. The summed E-state index contributed by atoms with van der Waals surface area (Å²) in [5.74, 6) is -1.19. The van der Waals surface area contributed by atoms with Crippen LogP contribution < -0.4 is 5.73 Å². The van der Waals surface area contributed by atoms with E-state index < -0.39 is 11.5 Å². The first-order valence-electron chi connectivity index (χ1n) is 6.37. The third-order valence-corrected chi connectivity index (χ3v) is 3.78. The molecule has 1 unspecified atom stereocenters. The molecule has 0 fully saturated rings. The number of nitrogens with two attached hydrogens (primary N) is 1. The summed E-state index contributed by atoms with van der Waals surface area (Å²) in [5, 5.41) is 11.2. The van der Waals surface area contributed by atoms with Gasteiger partial charge in [0, 0.05) is 17.5 Å². The van der Waals surface area contributed by atoms with Crippen LogP contribution in [0.4, 0.5) is 0 Å². The Kier molecular flexibility index (Phi) is 5.24. The molecule has 1 rings (SSSR count). The molecule has 6 nitrogen and oxygen atoms in total. The van der Waals surface area contributed by atoms with Crippen molar-refractivity contribution in [2.45, 2.75) is 45.7 Å². The van der Waals surface area contributed by atoms with Gasteiger partial charge in [-0.05, 0) is 27.7 Å². The molecule has 0 bridgehead atoms. The molecule has 7 heteroatoms. The van der Waals surface area contributed by atoms with Gasteiger partial charge >= 0.3 is 5.97 Å². The Morgan fingerprint density at radius 3 is 2.50 bits per heavy atom. The summed E-state index contributed by atoms with van der Waals surface area (Å²) >= 11 is 1.34. The summed E-state index contributed by atoms with van der Waals surface area (Å²) in [5.41, 5.74) is 5.59. The predicted molar refractivity (Wildman–Crippen MR) is 77.8 cm³/mol. The highest BCUT2D eigenvalue weighted by atomic mass is 32.1. The van der Waals surface area contributed by atoms with E-state index in [4.69, 9.17) is 10.8 Å². The number of amides is 1. The first-order valence-corrected chi connectivity index (χ1v) is 7.25. The average molecular weight is 299 g/mol. The molecule has 0 saturated carbocycles. The number of carboxylic acids is 1. The molecule has 1 atom stereocenters. The third-order valence-electron chi connectivity index (χ3n) is 2.73. The van der Waals surface area contributed by atoms with Gasteiger partial charge in [-0.25, -0.2) is 4.98 Å². The van der Waals surface area contributed by atoms with Gasteiger partial charge in [-0.1, -0.05) is 0 Å². The summed E-state index contributed by atoms with van der Waals surface area (Å²) in [7, 11) is 0. The average Bonchev–Trinajstić information content (AvgIpc) is 2.75. The number of aliphatic carboxylic acids is 1. The fraction of sp³-hybridized carbons (Fsp3) is 0.615. The van der Waals surface area contributed by atoms with Gasteiger partial charge in [0.1, 0.15) is 10.7 Å². The van der Waals surface area contributed by atoms with Crippen molar-refractivity contribution >= 4 is 23.2 Å². The van der Waals surface area contributed by atoms with Gasteiger partial charge in [-0.15, -0.1) is 11.3 Å². The minimum atomic E-state index is -0.929. The second-order valence-corrected chi connectivity index (χ2v) is 6.52. The Morgan fingerprint density at radius 2 is 2.10 bits per heavy atom. The molecule has 1 aromatic heterocycles. The van der Waals surface area contributed by atoms with Gasteiger partial charge in [-0.2, -0.15) is 0 Å². The number of rotatable bonds is 5. The Hall–Kier alpha value is -1.47. The molecule has 0 aliphatic heterocycles. The van der Waals surface area contributed by atoms with E-state index in [0.29, 0.717) is 10.7 Å². The largest absolute Gasteiger partial charge is 0.481 e. The van der Waals surface area contributed by atoms with Crippen molar-refractivity contribution in [1.29, 1.82) is 0 Å². The van der Waals surface area contributed by atoms with Gasteiger partial charge in [0.15, 0.2) is 0 Å². The van der Waals surface area contributed by atoms with Crippen molar-refractivity contribution < 1.29 is 14.7 Å². The summed E-state index contributed by atoms with van der Waals surface area (Å²) in [6, 6.07) is -0.219. The first kappa shape index (κ1) is 16.6. The molecule has 0 spiro atoms. The van der Waals surface area contributed by atoms with Crippen molar-refractivity contribution in [2.75, 3.05) is 6.54 Å². The molecule has 20 heavy (non-hydrogen) atoms. The number of nitrogens with zero attached hydrogens (tertiary/aromatic N) is 2. The molecule has 1 amide bonds. The van der Waals surface area contributed by atoms with E-state index in [-0.39, 0.29) is 24.9 Å². The van der Waals surface area contributed by atoms with Crippen LogP contribution in [-0.2, 0) is 4.79 Å².